The molecule has 0 saturated carbocycles. The topological polar surface area (TPSA) is 41.1 Å². The second-order valence-corrected chi connectivity index (χ2v) is 2.73. The first-order valence-corrected chi connectivity index (χ1v) is 3.58. The molecule has 0 aliphatic heterocycles. The second kappa shape index (κ2) is 7.82. The SMILES string of the molecule is CNCC(=O)NCC(C)C.Cl. The number of nitrogens with one attached hydrogen (secondary N) is 2. The molecule has 3 nitrogen and oxygen atoms in total. The zero-order chi connectivity index (χ0) is 7.98. The predicted octanol–water partition coefficient (Wildman–Crippen LogP) is 0.400. The third-order valence-corrected chi connectivity index (χ3v) is 1.04. The highest BCUT2D eigenvalue weighted by atomic mass is 35.5. The molecule has 0 rings (SSSR count). The van der Waals surface area contributed by atoms with E-state index in [-0.39, 0.29) is 18.3 Å². The second-order valence-electron chi connectivity index (χ2n) is 2.73. The molecule has 0 aromatic carbocycles. The minimum absolute atomic E-state index is 0. The van der Waals surface area contributed by atoms with Gasteiger partial charge in [-0.25, -0.2) is 0 Å². The van der Waals surface area contributed by atoms with Gasteiger partial charge in [0.1, 0.15) is 0 Å². The van der Waals surface area contributed by atoms with Crippen LogP contribution in [0.3, 0.4) is 0 Å². The molecule has 0 unspecified atom stereocenters. The number of hydrogen-bond donors (Lipinski definition) is 2. The van der Waals surface area contributed by atoms with Gasteiger partial charge in [0.2, 0.25) is 5.91 Å². The van der Waals surface area contributed by atoms with Gasteiger partial charge in [-0.1, -0.05) is 13.8 Å². The number of carbonyl (C=O) groups excluding carboxylic acids is 1. The molecule has 0 aliphatic rings. The molecule has 0 radical (unpaired) electrons. The Bertz CT molecular complexity index is 107. The molecule has 0 spiro atoms. The van der Waals surface area contributed by atoms with Gasteiger partial charge in [0.15, 0.2) is 0 Å². The zero-order valence-electron chi connectivity index (χ0n) is 7.31. The summed E-state index contributed by atoms with van der Waals surface area (Å²) in [6.07, 6.45) is 0. The molecule has 0 bridgehead atoms. The predicted molar refractivity (Wildman–Crippen MR) is 49.0 cm³/mol. The number of rotatable bonds is 4. The highest BCUT2D eigenvalue weighted by Gasteiger charge is 1.98. The lowest BCUT2D eigenvalue weighted by molar-refractivity contribution is -0.120. The van der Waals surface area contributed by atoms with E-state index in [4.69, 9.17) is 0 Å². The van der Waals surface area contributed by atoms with Gasteiger partial charge in [-0.05, 0) is 13.0 Å². The Morgan fingerprint density at radius 1 is 1.45 bits per heavy atom. The van der Waals surface area contributed by atoms with Crippen molar-refractivity contribution >= 4 is 18.3 Å². The van der Waals surface area contributed by atoms with Crippen molar-refractivity contribution in [3.63, 3.8) is 0 Å². The lowest BCUT2D eigenvalue weighted by Crippen LogP contribution is -2.34. The standard InChI is InChI=1S/C7H16N2O.ClH/c1-6(2)4-9-7(10)5-8-3;/h6,8H,4-5H2,1-3H3,(H,9,10);1H. The van der Waals surface area contributed by atoms with Crippen LogP contribution in [-0.4, -0.2) is 26.0 Å². The Hall–Kier alpha value is -0.280. The summed E-state index contributed by atoms with van der Waals surface area (Å²) in [5, 5.41) is 5.56. The van der Waals surface area contributed by atoms with Crippen molar-refractivity contribution in [1.82, 2.24) is 10.6 Å². The van der Waals surface area contributed by atoms with E-state index in [2.05, 4.69) is 24.5 Å². The molecule has 0 fully saturated rings. The van der Waals surface area contributed by atoms with Gasteiger partial charge >= 0.3 is 0 Å². The number of carbonyl (C=O) groups is 1. The van der Waals surface area contributed by atoms with E-state index in [9.17, 15) is 4.79 Å². The van der Waals surface area contributed by atoms with E-state index in [1.165, 1.54) is 0 Å². The van der Waals surface area contributed by atoms with Crippen LogP contribution in [0.2, 0.25) is 0 Å². The first-order chi connectivity index (χ1) is 4.66. The van der Waals surface area contributed by atoms with E-state index in [0.29, 0.717) is 12.5 Å². The Morgan fingerprint density at radius 2 is 2.00 bits per heavy atom. The molecule has 0 saturated heterocycles. The molecular weight excluding hydrogens is 164 g/mol. The zero-order valence-corrected chi connectivity index (χ0v) is 8.12. The summed E-state index contributed by atoms with van der Waals surface area (Å²) in [6.45, 7) is 5.31. The summed E-state index contributed by atoms with van der Waals surface area (Å²) in [5.74, 6) is 0.594. The van der Waals surface area contributed by atoms with Crippen molar-refractivity contribution < 1.29 is 4.79 Å². The summed E-state index contributed by atoms with van der Waals surface area (Å²) in [7, 11) is 1.76. The molecule has 2 N–H and O–H groups in total. The average molecular weight is 181 g/mol. The van der Waals surface area contributed by atoms with Crippen molar-refractivity contribution in [2.24, 2.45) is 5.92 Å². The van der Waals surface area contributed by atoms with Gasteiger partial charge in [0.25, 0.3) is 0 Å². The molecule has 0 aliphatic carbocycles. The fourth-order valence-electron chi connectivity index (χ4n) is 0.541. The fourth-order valence-corrected chi connectivity index (χ4v) is 0.541. The van der Waals surface area contributed by atoms with Crippen molar-refractivity contribution in [3.8, 4) is 0 Å². The lowest BCUT2D eigenvalue weighted by atomic mass is 10.2. The first kappa shape index (κ1) is 13.3. The molecule has 4 heteroatoms. The van der Waals surface area contributed by atoms with Crippen LogP contribution in [0.15, 0.2) is 0 Å². The molecule has 68 valence electrons. The monoisotopic (exact) mass is 180 g/mol. The quantitative estimate of drug-likeness (QED) is 0.658. The van der Waals surface area contributed by atoms with E-state index >= 15 is 0 Å². The van der Waals surface area contributed by atoms with E-state index in [0.717, 1.165) is 6.54 Å². The largest absolute Gasteiger partial charge is 0.355 e. The van der Waals surface area contributed by atoms with Crippen LogP contribution in [0.1, 0.15) is 13.8 Å². The Balaban J connectivity index is 0. The maximum absolute atomic E-state index is 10.8. The number of halogens is 1. The van der Waals surface area contributed by atoms with Gasteiger partial charge < -0.3 is 10.6 Å². The van der Waals surface area contributed by atoms with Crippen LogP contribution in [-0.2, 0) is 4.79 Å². The summed E-state index contributed by atoms with van der Waals surface area (Å²) < 4.78 is 0. The third-order valence-electron chi connectivity index (χ3n) is 1.04. The molecular formula is C7H17ClN2O. The highest BCUT2D eigenvalue weighted by Crippen LogP contribution is 1.85. The van der Waals surface area contributed by atoms with Gasteiger partial charge in [-0.3, -0.25) is 4.79 Å². The number of amides is 1. The smallest absolute Gasteiger partial charge is 0.233 e. The molecule has 0 aromatic heterocycles. The van der Waals surface area contributed by atoms with Gasteiger partial charge in [-0.15, -0.1) is 12.4 Å². The van der Waals surface area contributed by atoms with Crippen molar-refractivity contribution in [1.29, 1.82) is 0 Å². The lowest BCUT2D eigenvalue weighted by Gasteiger charge is -2.06. The van der Waals surface area contributed by atoms with Crippen LogP contribution >= 0.6 is 12.4 Å². The summed E-state index contributed by atoms with van der Waals surface area (Å²) in [5.41, 5.74) is 0. The van der Waals surface area contributed by atoms with E-state index < -0.39 is 0 Å². The molecule has 0 atom stereocenters. The third kappa shape index (κ3) is 9.72. The van der Waals surface area contributed by atoms with Gasteiger partial charge in [0.05, 0.1) is 6.54 Å². The van der Waals surface area contributed by atoms with Crippen LogP contribution in [0.25, 0.3) is 0 Å². The van der Waals surface area contributed by atoms with Crippen molar-refractivity contribution in [3.05, 3.63) is 0 Å². The molecule has 1 amide bonds. The normalized spacial score (nSPS) is 9.09. The maximum atomic E-state index is 10.8. The van der Waals surface area contributed by atoms with Crippen LogP contribution in [0, 0.1) is 5.92 Å². The summed E-state index contributed by atoms with van der Waals surface area (Å²) in [4.78, 5) is 10.8. The van der Waals surface area contributed by atoms with Crippen LogP contribution in [0.5, 0.6) is 0 Å². The van der Waals surface area contributed by atoms with Gasteiger partial charge in [-0.2, -0.15) is 0 Å². The summed E-state index contributed by atoms with van der Waals surface area (Å²) in [6, 6.07) is 0. The van der Waals surface area contributed by atoms with Crippen LogP contribution < -0.4 is 10.6 Å². The fraction of sp³-hybridized carbons (Fsp3) is 0.857. The van der Waals surface area contributed by atoms with Crippen molar-refractivity contribution in [2.45, 2.75) is 13.8 Å². The first-order valence-electron chi connectivity index (χ1n) is 3.58. The number of likely N-dealkylation sites (N-methyl/N-ethyl adjacent to an activating group) is 1. The minimum atomic E-state index is 0. The molecule has 0 heterocycles. The Labute approximate surface area is 74.3 Å². The molecule has 11 heavy (non-hydrogen) atoms. The average Bonchev–Trinajstić information content (AvgIpc) is 1.85. The minimum Gasteiger partial charge on any atom is -0.355 e. The number of hydrogen-bond acceptors (Lipinski definition) is 2. The van der Waals surface area contributed by atoms with E-state index in [1.54, 1.807) is 7.05 Å². The van der Waals surface area contributed by atoms with E-state index in [1.807, 2.05) is 0 Å². The maximum Gasteiger partial charge on any atom is 0.233 e. The Morgan fingerprint density at radius 3 is 2.36 bits per heavy atom. The molecule has 0 aromatic rings. The van der Waals surface area contributed by atoms with Gasteiger partial charge in [0, 0.05) is 6.54 Å². The van der Waals surface area contributed by atoms with Crippen molar-refractivity contribution in [2.75, 3.05) is 20.1 Å². The Kier molecular flexibility index (Phi) is 9.47. The van der Waals surface area contributed by atoms with Crippen LogP contribution in [0.4, 0.5) is 0 Å². The summed E-state index contributed by atoms with van der Waals surface area (Å²) >= 11 is 0. The highest BCUT2D eigenvalue weighted by molar-refractivity contribution is 5.85.